The molecule has 0 spiro atoms. The average molecular weight is 267 g/mol. The smallest absolute Gasteiger partial charge is 0.251 e. The molecule has 0 radical (unpaired) electrons. The molecule has 0 fully saturated rings. The lowest BCUT2D eigenvalue weighted by atomic mass is 10.1. The van der Waals surface area contributed by atoms with E-state index in [9.17, 15) is 4.79 Å². The van der Waals surface area contributed by atoms with Crippen molar-refractivity contribution in [2.24, 2.45) is 0 Å². The second-order valence-corrected chi connectivity index (χ2v) is 4.08. The van der Waals surface area contributed by atoms with Crippen LogP contribution in [0.1, 0.15) is 31.1 Å². The number of benzene rings is 1. The number of rotatable bonds is 7. The fourth-order valence-electron chi connectivity index (χ4n) is 1.55. The third-order valence-electron chi connectivity index (χ3n) is 2.46. The second kappa shape index (κ2) is 7.63. The Morgan fingerprint density at radius 2 is 1.89 bits per heavy atom. The van der Waals surface area contributed by atoms with E-state index in [-0.39, 0.29) is 18.6 Å². The monoisotopic (exact) mass is 267 g/mol. The minimum Gasteiger partial charge on any atom is -0.490 e. The first kappa shape index (κ1) is 15.3. The largest absolute Gasteiger partial charge is 0.490 e. The first-order valence-electron chi connectivity index (χ1n) is 6.43. The van der Waals surface area contributed by atoms with Gasteiger partial charge in [-0.15, -0.1) is 0 Å². The van der Waals surface area contributed by atoms with Gasteiger partial charge in [0, 0.05) is 11.6 Å². The van der Waals surface area contributed by atoms with Crippen LogP contribution in [0.4, 0.5) is 0 Å². The van der Waals surface area contributed by atoms with Gasteiger partial charge in [-0.2, -0.15) is 0 Å². The van der Waals surface area contributed by atoms with E-state index in [0.717, 1.165) is 0 Å². The van der Waals surface area contributed by atoms with Crippen LogP contribution in [-0.2, 0) is 0 Å². The predicted octanol–water partition coefficient (Wildman–Crippen LogP) is 1.59. The van der Waals surface area contributed by atoms with E-state index in [1.807, 2.05) is 13.8 Å². The van der Waals surface area contributed by atoms with Crippen LogP contribution in [0.3, 0.4) is 0 Å². The van der Waals surface area contributed by atoms with Crippen LogP contribution in [0.15, 0.2) is 18.2 Å². The van der Waals surface area contributed by atoms with E-state index in [1.165, 1.54) is 0 Å². The van der Waals surface area contributed by atoms with Crippen molar-refractivity contribution in [3.05, 3.63) is 23.8 Å². The SMILES string of the molecule is CCOc1ccc(C(=O)NC(C)CO)cc1OCC. The van der Waals surface area contributed by atoms with Crippen LogP contribution in [0, 0.1) is 0 Å². The van der Waals surface area contributed by atoms with Crippen molar-refractivity contribution in [1.29, 1.82) is 0 Å². The molecule has 5 nitrogen and oxygen atoms in total. The van der Waals surface area contributed by atoms with Gasteiger partial charge in [-0.1, -0.05) is 0 Å². The zero-order valence-corrected chi connectivity index (χ0v) is 11.6. The van der Waals surface area contributed by atoms with Crippen molar-refractivity contribution < 1.29 is 19.4 Å². The lowest BCUT2D eigenvalue weighted by Gasteiger charge is -2.14. The Morgan fingerprint density at radius 1 is 1.26 bits per heavy atom. The van der Waals surface area contributed by atoms with Gasteiger partial charge in [-0.05, 0) is 39.0 Å². The van der Waals surface area contributed by atoms with Gasteiger partial charge in [0.2, 0.25) is 0 Å². The molecule has 0 saturated heterocycles. The summed E-state index contributed by atoms with van der Waals surface area (Å²) in [7, 11) is 0. The summed E-state index contributed by atoms with van der Waals surface area (Å²) >= 11 is 0. The summed E-state index contributed by atoms with van der Waals surface area (Å²) in [6, 6.07) is 4.75. The third-order valence-corrected chi connectivity index (χ3v) is 2.46. The van der Waals surface area contributed by atoms with Crippen molar-refractivity contribution >= 4 is 5.91 Å². The van der Waals surface area contributed by atoms with Crippen LogP contribution in [0.2, 0.25) is 0 Å². The van der Waals surface area contributed by atoms with Crippen molar-refractivity contribution in [2.75, 3.05) is 19.8 Å². The zero-order valence-electron chi connectivity index (χ0n) is 11.6. The van der Waals surface area contributed by atoms with E-state index in [4.69, 9.17) is 14.6 Å². The maximum absolute atomic E-state index is 11.9. The number of ether oxygens (including phenoxy) is 2. The summed E-state index contributed by atoms with van der Waals surface area (Å²) in [6.45, 7) is 6.43. The van der Waals surface area contributed by atoms with E-state index in [0.29, 0.717) is 30.3 Å². The van der Waals surface area contributed by atoms with Gasteiger partial charge in [0.1, 0.15) is 0 Å². The molecular formula is C14H21NO4. The molecule has 0 aliphatic rings. The summed E-state index contributed by atoms with van der Waals surface area (Å²) in [4.78, 5) is 11.9. The molecule has 1 aromatic rings. The number of hydrogen-bond donors (Lipinski definition) is 2. The molecule has 1 unspecified atom stereocenters. The molecule has 106 valence electrons. The highest BCUT2D eigenvalue weighted by atomic mass is 16.5. The summed E-state index contributed by atoms with van der Waals surface area (Å²) in [5, 5.41) is 11.6. The van der Waals surface area contributed by atoms with Gasteiger partial charge in [-0.25, -0.2) is 0 Å². The van der Waals surface area contributed by atoms with Crippen molar-refractivity contribution in [1.82, 2.24) is 5.32 Å². The first-order chi connectivity index (χ1) is 9.12. The van der Waals surface area contributed by atoms with Crippen LogP contribution in [-0.4, -0.2) is 36.9 Å². The second-order valence-electron chi connectivity index (χ2n) is 4.08. The number of aliphatic hydroxyl groups excluding tert-OH is 1. The van der Waals surface area contributed by atoms with Crippen molar-refractivity contribution in [3.63, 3.8) is 0 Å². The van der Waals surface area contributed by atoms with Crippen molar-refractivity contribution in [2.45, 2.75) is 26.8 Å². The first-order valence-corrected chi connectivity index (χ1v) is 6.43. The van der Waals surface area contributed by atoms with Crippen LogP contribution in [0.5, 0.6) is 11.5 Å². The molecule has 2 N–H and O–H groups in total. The summed E-state index contributed by atoms with van der Waals surface area (Å²) in [5.41, 5.74) is 0.479. The average Bonchev–Trinajstić information content (AvgIpc) is 2.41. The van der Waals surface area contributed by atoms with E-state index in [2.05, 4.69) is 5.32 Å². The predicted molar refractivity (Wildman–Crippen MR) is 72.8 cm³/mol. The van der Waals surface area contributed by atoms with Crippen molar-refractivity contribution in [3.8, 4) is 11.5 Å². The van der Waals surface area contributed by atoms with Crippen LogP contribution < -0.4 is 14.8 Å². The molecule has 1 aromatic carbocycles. The van der Waals surface area contributed by atoms with Gasteiger partial charge >= 0.3 is 0 Å². The van der Waals surface area contributed by atoms with Crippen LogP contribution in [0.25, 0.3) is 0 Å². The highest BCUT2D eigenvalue weighted by Crippen LogP contribution is 2.28. The molecule has 0 aliphatic carbocycles. The minimum atomic E-state index is -0.283. The number of aliphatic hydroxyl groups is 1. The molecule has 1 amide bonds. The molecule has 0 aliphatic heterocycles. The highest BCUT2D eigenvalue weighted by Gasteiger charge is 2.13. The molecule has 0 aromatic heterocycles. The fraction of sp³-hybridized carbons (Fsp3) is 0.500. The Balaban J connectivity index is 2.90. The normalized spacial score (nSPS) is 11.8. The Morgan fingerprint density at radius 3 is 2.47 bits per heavy atom. The molecule has 1 atom stereocenters. The standard InChI is InChI=1S/C14H21NO4/c1-4-18-12-7-6-11(8-13(12)19-5-2)14(17)15-10(3)9-16/h6-8,10,16H,4-5,9H2,1-3H3,(H,15,17). The number of carbonyl (C=O) groups is 1. The molecule has 19 heavy (non-hydrogen) atoms. The Bertz CT molecular complexity index is 420. The zero-order chi connectivity index (χ0) is 14.3. The van der Waals surface area contributed by atoms with Crippen LogP contribution >= 0.6 is 0 Å². The van der Waals surface area contributed by atoms with Gasteiger partial charge in [-0.3, -0.25) is 4.79 Å². The molecule has 0 heterocycles. The van der Waals surface area contributed by atoms with Gasteiger partial charge in [0.25, 0.3) is 5.91 Å². The molecule has 1 rings (SSSR count). The van der Waals surface area contributed by atoms with Gasteiger partial charge in [0.05, 0.1) is 19.8 Å². The topological polar surface area (TPSA) is 67.8 Å². The molecular weight excluding hydrogens is 246 g/mol. The number of carbonyl (C=O) groups excluding carboxylic acids is 1. The summed E-state index contributed by atoms with van der Waals surface area (Å²) < 4.78 is 10.9. The van der Waals surface area contributed by atoms with E-state index >= 15 is 0 Å². The lowest BCUT2D eigenvalue weighted by molar-refractivity contribution is 0.0922. The minimum absolute atomic E-state index is 0.0961. The van der Waals surface area contributed by atoms with E-state index < -0.39 is 0 Å². The fourth-order valence-corrected chi connectivity index (χ4v) is 1.55. The molecule has 0 saturated carbocycles. The Kier molecular flexibility index (Phi) is 6.15. The highest BCUT2D eigenvalue weighted by molar-refractivity contribution is 5.95. The van der Waals surface area contributed by atoms with Gasteiger partial charge in [0.15, 0.2) is 11.5 Å². The molecule has 0 bridgehead atoms. The Labute approximate surface area is 113 Å². The third kappa shape index (κ3) is 4.44. The number of nitrogens with one attached hydrogen (secondary N) is 1. The Hall–Kier alpha value is -1.75. The maximum Gasteiger partial charge on any atom is 0.251 e. The summed E-state index contributed by atoms with van der Waals surface area (Å²) in [6.07, 6.45) is 0. The maximum atomic E-state index is 11.9. The number of amides is 1. The molecule has 5 heteroatoms. The quantitative estimate of drug-likeness (QED) is 0.787. The summed E-state index contributed by atoms with van der Waals surface area (Å²) in [5.74, 6) is 0.926. The van der Waals surface area contributed by atoms with Gasteiger partial charge < -0.3 is 19.9 Å². The lowest BCUT2D eigenvalue weighted by Crippen LogP contribution is -2.34. The number of hydrogen-bond acceptors (Lipinski definition) is 4. The van der Waals surface area contributed by atoms with E-state index in [1.54, 1.807) is 25.1 Å².